The minimum absolute atomic E-state index is 0.233. The lowest BCUT2D eigenvalue weighted by Gasteiger charge is -2.42. The molecule has 0 aliphatic carbocycles. The third kappa shape index (κ3) is 2.84. The average Bonchev–Trinajstić information content (AvgIpc) is 2.29. The first-order valence-electron chi connectivity index (χ1n) is 5.78. The molecule has 5 heteroatoms. The van der Waals surface area contributed by atoms with E-state index in [0.29, 0.717) is 13.2 Å². The maximum Gasteiger partial charge on any atom is 0.407 e. The van der Waals surface area contributed by atoms with E-state index in [-0.39, 0.29) is 6.04 Å². The Bertz CT molecular complexity index is 444. The number of halogens is 1. The molecule has 98 valence electrons. The standard InChI is InChI=1S/C13H16BrNO3/c1-13(2)8-15(12(16)17)11(7-18-13)9-3-5-10(14)6-4-9/h3-6,11H,7-8H2,1-2H3,(H,16,17). The van der Waals surface area contributed by atoms with Crippen molar-refractivity contribution in [2.24, 2.45) is 0 Å². The zero-order valence-corrected chi connectivity index (χ0v) is 12.0. The van der Waals surface area contributed by atoms with Crippen LogP contribution in [-0.4, -0.2) is 34.9 Å². The maximum absolute atomic E-state index is 11.4. The van der Waals surface area contributed by atoms with E-state index in [0.717, 1.165) is 10.0 Å². The van der Waals surface area contributed by atoms with Crippen LogP contribution in [0.1, 0.15) is 25.5 Å². The van der Waals surface area contributed by atoms with Gasteiger partial charge in [-0.05, 0) is 31.5 Å². The van der Waals surface area contributed by atoms with Crippen molar-refractivity contribution in [1.29, 1.82) is 0 Å². The molecule has 4 nitrogen and oxygen atoms in total. The molecule has 1 fully saturated rings. The Morgan fingerprint density at radius 3 is 2.61 bits per heavy atom. The number of nitrogens with zero attached hydrogens (tertiary/aromatic N) is 1. The van der Waals surface area contributed by atoms with Gasteiger partial charge >= 0.3 is 6.09 Å². The molecule has 1 N–H and O–H groups in total. The smallest absolute Gasteiger partial charge is 0.407 e. The SMILES string of the molecule is CC1(C)CN(C(=O)O)C(c2ccc(Br)cc2)CO1. The Morgan fingerprint density at radius 2 is 2.06 bits per heavy atom. The van der Waals surface area contributed by atoms with Gasteiger partial charge in [0.1, 0.15) is 0 Å². The molecular formula is C13H16BrNO3. The summed E-state index contributed by atoms with van der Waals surface area (Å²) in [5, 5.41) is 9.32. The molecule has 1 unspecified atom stereocenters. The van der Waals surface area contributed by atoms with Crippen molar-refractivity contribution in [2.75, 3.05) is 13.2 Å². The van der Waals surface area contributed by atoms with Gasteiger partial charge in [0.05, 0.1) is 24.8 Å². The Morgan fingerprint density at radius 1 is 1.44 bits per heavy atom. The van der Waals surface area contributed by atoms with E-state index in [9.17, 15) is 9.90 Å². The van der Waals surface area contributed by atoms with Gasteiger partial charge in [0.25, 0.3) is 0 Å². The second-order valence-electron chi connectivity index (χ2n) is 5.05. The van der Waals surface area contributed by atoms with Crippen LogP contribution in [0, 0.1) is 0 Å². The summed E-state index contributed by atoms with van der Waals surface area (Å²) in [6, 6.07) is 7.44. The van der Waals surface area contributed by atoms with E-state index in [4.69, 9.17) is 4.74 Å². The fourth-order valence-corrected chi connectivity index (χ4v) is 2.39. The van der Waals surface area contributed by atoms with Crippen LogP contribution in [0.25, 0.3) is 0 Å². The summed E-state index contributed by atoms with van der Waals surface area (Å²) >= 11 is 3.37. The molecule has 1 saturated heterocycles. The highest BCUT2D eigenvalue weighted by molar-refractivity contribution is 9.10. The Balaban J connectivity index is 2.26. The second-order valence-corrected chi connectivity index (χ2v) is 5.96. The molecule has 1 aromatic rings. The van der Waals surface area contributed by atoms with Gasteiger partial charge in [0.15, 0.2) is 0 Å². The van der Waals surface area contributed by atoms with Crippen molar-refractivity contribution in [2.45, 2.75) is 25.5 Å². The predicted octanol–water partition coefficient (Wildman–Crippen LogP) is 3.28. The van der Waals surface area contributed by atoms with Gasteiger partial charge in [-0.25, -0.2) is 4.79 Å². The number of carbonyl (C=O) groups is 1. The quantitative estimate of drug-likeness (QED) is 0.865. The minimum Gasteiger partial charge on any atom is -0.465 e. The fraction of sp³-hybridized carbons (Fsp3) is 0.462. The van der Waals surface area contributed by atoms with E-state index < -0.39 is 11.7 Å². The number of morpholine rings is 1. The van der Waals surface area contributed by atoms with E-state index in [2.05, 4.69) is 15.9 Å². The molecule has 18 heavy (non-hydrogen) atoms. The largest absolute Gasteiger partial charge is 0.465 e. The molecule has 1 aromatic carbocycles. The normalized spacial score (nSPS) is 22.8. The number of ether oxygens (including phenoxy) is 1. The molecule has 1 atom stereocenters. The first-order chi connectivity index (χ1) is 8.39. The summed E-state index contributed by atoms with van der Waals surface area (Å²) in [5.74, 6) is 0. The first-order valence-corrected chi connectivity index (χ1v) is 6.57. The summed E-state index contributed by atoms with van der Waals surface area (Å²) < 4.78 is 6.70. The topological polar surface area (TPSA) is 49.8 Å². The Kier molecular flexibility index (Phi) is 3.64. The van der Waals surface area contributed by atoms with Gasteiger partial charge < -0.3 is 9.84 Å². The van der Waals surface area contributed by atoms with Gasteiger partial charge in [-0.2, -0.15) is 0 Å². The maximum atomic E-state index is 11.4. The lowest BCUT2D eigenvalue weighted by Crippen LogP contribution is -2.51. The van der Waals surface area contributed by atoms with E-state index >= 15 is 0 Å². The lowest BCUT2D eigenvalue weighted by atomic mass is 10.00. The number of carboxylic acid groups (broad SMARTS) is 1. The lowest BCUT2D eigenvalue weighted by molar-refractivity contribution is -0.106. The van der Waals surface area contributed by atoms with Crippen molar-refractivity contribution in [3.8, 4) is 0 Å². The molecule has 2 rings (SSSR count). The number of rotatable bonds is 1. The molecule has 1 amide bonds. The summed E-state index contributed by atoms with van der Waals surface area (Å²) in [7, 11) is 0. The minimum atomic E-state index is -0.903. The molecule has 0 aromatic heterocycles. The average molecular weight is 314 g/mol. The molecule has 0 saturated carbocycles. The predicted molar refractivity (Wildman–Crippen MR) is 71.6 cm³/mol. The summed E-state index contributed by atoms with van der Waals surface area (Å²) in [6.07, 6.45) is -0.903. The highest BCUT2D eigenvalue weighted by Crippen LogP contribution is 2.31. The van der Waals surface area contributed by atoms with Crippen molar-refractivity contribution < 1.29 is 14.6 Å². The van der Waals surface area contributed by atoms with Crippen LogP contribution in [0.5, 0.6) is 0 Å². The summed E-state index contributed by atoms with van der Waals surface area (Å²) in [6.45, 7) is 4.57. The van der Waals surface area contributed by atoms with Crippen LogP contribution in [0.3, 0.4) is 0 Å². The van der Waals surface area contributed by atoms with Gasteiger partial charge in [-0.1, -0.05) is 28.1 Å². The molecule has 0 bridgehead atoms. The van der Waals surface area contributed by atoms with Crippen LogP contribution in [-0.2, 0) is 4.74 Å². The van der Waals surface area contributed by atoms with Crippen molar-refractivity contribution in [1.82, 2.24) is 4.90 Å². The van der Waals surface area contributed by atoms with Crippen LogP contribution >= 0.6 is 15.9 Å². The summed E-state index contributed by atoms with van der Waals surface area (Å²) in [5.41, 5.74) is 0.528. The fourth-order valence-electron chi connectivity index (χ4n) is 2.12. The van der Waals surface area contributed by atoms with Crippen molar-refractivity contribution >= 4 is 22.0 Å². The van der Waals surface area contributed by atoms with Crippen LogP contribution in [0.15, 0.2) is 28.7 Å². The molecule has 1 aliphatic rings. The Hall–Kier alpha value is -1.07. The third-order valence-corrected chi connectivity index (χ3v) is 3.59. The van der Waals surface area contributed by atoms with Gasteiger partial charge in [-0.3, -0.25) is 4.90 Å². The highest BCUT2D eigenvalue weighted by Gasteiger charge is 2.37. The van der Waals surface area contributed by atoms with Crippen molar-refractivity contribution in [3.05, 3.63) is 34.3 Å². The van der Waals surface area contributed by atoms with Crippen LogP contribution in [0.2, 0.25) is 0 Å². The number of hydrogen-bond donors (Lipinski definition) is 1. The third-order valence-electron chi connectivity index (χ3n) is 3.06. The van der Waals surface area contributed by atoms with E-state index in [1.54, 1.807) is 0 Å². The number of benzene rings is 1. The monoisotopic (exact) mass is 313 g/mol. The zero-order valence-electron chi connectivity index (χ0n) is 10.4. The highest BCUT2D eigenvalue weighted by atomic mass is 79.9. The van der Waals surface area contributed by atoms with Gasteiger partial charge in [0.2, 0.25) is 0 Å². The zero-order chi connectivity index (χ0) is 13.3. The Labute approximate surface area is 115 Å². The van der Waals surface area contributed by atoms with Gasteiger partial charge in [-0.15, -0.1) is 0 Å². The molecule has 1 heterocycles. The first kappa shape index (κ1) is 13.4. The van der Waals surface area contributed by atoms with Gasteiger partial charge in [0, 0.05) is 4.47 Å². The van der Waals surface area contributed by atoms with E-state index in [1.807, 2.05) is 38.1 Å². The summed E-state index contributed by atoms with van der Waals surface area (Å²) in [4.78, 5) is 12.8. The van der Waals surface area contributed by atoms with Crippen LogP contribution in [0.4, 0.5) is 4.79 Å². The molecule has 0 radical (unpaired) electrons. The number of hydrogen-bond acceptors (Lipinski definition) is 2. The van der Waals surface area contributed by atoms with Crippen molar-refractivity contribution in [3.63, 3.8) is 0 Å². The number of amides is 1. The molecule has 1 aliphatic heterocycles. The van der Waals surface area contributed by atoms with E-state index in [1.165, 1.54) is 4.90 Å². The second kappa shape index (κ2) is 4.90. The van der Waals surface area contributed by atoms with Crippen LogP contribution < -0.4 is 0 Å². The molecular weight excluding hydrogens is 298 g/mol. The molecule has 0 spiro atoms.